The largest absolute Gasteiger partial charge is 0.386 e. The molecular weight excluding hydrogens is 310 g/mol. The first-order valence-electron chi connectivity index (χ1n) is 5.65. The van der Waals surface area contributed by atoms with Crippen LogP contribution in [-0.4, -0.2) is 17.9 Å². The molecule has 1 atom stereocenters. The zero-order valence-corrected chi connectivity index (χ0v) is 12.4. The minimum absolute atomic E-state index is 0.375. The van der Waals surface area contributed by atoms with E-state index in [0.717, 1.165) is 14.9 Å². The van der Waals surface area contributed by atoms with E-state index in [4.69, 9.17) is 0 Å². The van der Waals surface area contributed by atoms with E-state index in [1.807, 2.05) is 36.5 Å². The van der Waals surface area contributed by atoms with Gasteiger partial charge in [-0.1, -0.05) is 34.1 Å². The summed E-state index contributed by atoms with van der Waals surface area (Å²) >= 11 is 5.13. The van der Waals surface area contributed by atoms with Gasteiger partial charge in [0.05, 0.1) is 12.6 Å². The Balaban J connectivity index is 1.98. The van der Waals surface area contributed by atoms with E-state index >= 15 is 0 Å². The SMILES string of the molecule is Cc1ccc(/C=N/CC(O)c2ccccc2Br)s1. The van der Waals surface area contributed by atoms with Crippen LogP contribution < -0.4 is 0 Å². The van der Waals surface area contributed by atoms with Crippen LogP contribution in [-0.2, 0) is 0 Å². The Labute approximate surface area is 119 Å². The van der Waals surface area contributed by atoms with Gasteiger partial charge in [0.15, 0.2) is 0 Å². The van der Waals surface area contributed by atoms with Gasteiger partial charge in [0, 0.05) is 20.4 Å². The highest BCUT2D eigenvalue weighted by molar-refractivity contribution is 9.10. The summed E-state index contributed by atoms with van der Waals surface area (Å²) in [5, 5.41) is 10.0. The van der Waals surface area contributed by atoms with E-state index in [2.05, 4.69) is 33.9 Å². The minimum Gasteiger partial charge on any atom is -0.386 e. The third-order valence-corrected chi connectivity index (χ3v) is 4.18. The molecule has 2 aromatic rings. The van der Waals surface area contributed by atoms with E-state index in [9.17, 15) is 5.11 Å². The van der Waals surface area contributed by atoms with Gasteiger partial charge >= 0.3 is 0 Å². The van der Waals surface area contributed by atoms with Gasteiger partial charge in [0.2, 0.25) is 0 Å². The third-order valence-electron chi connectivity index (χ3n) is 2.52. The molecule has 2 rings (SSSR count). The van der Waals surface area contributed by atoms with E-state index in [1.165, 1.54) is 4.88 Å². The maximum absolute atomic E-state index is 10.0. The molecular formula is C14H14BrNOS. The predicted octanol–water partition coefficient (Wildman–Crippen LogP) is 3.97. The van der Waals surface area contributed by atoms with E-state index < -0.39 is 6.10 Å². The molecule has 0 saturated heterocycles. The molecule has 1 unspecified atom stereocenters. The molecule has 1 N–H and O–H groups in total. The number of aryl methyl sites for hydroxylation is 1. The second kappa shape index (κ2) is 6.27. The maximum atomic E-state index is 10.0. The molecule has 1 aromatic heterocycles. The molecule has 0 amide bonds. The lowest BCUT2D eigenvalue weighted by Gasteiger charge is -2.09. The number of hydrogen-bond donors (Lipinski definition) is 1. The van der Waals surface area contributed by atoms with Crippen molar-refractivity contribution >= 4 is 33.5 Å². The van der Waals surface area contributed by atoms with Crippen LogP contribution in [0.1, 0.15) is 21.4 Å². The molecule has 18 heavy (non-hydrogen) atoms. The van der Waals surface area contributed by atoms with Gasteiger partial charge in [-0.05, 0) is 30.7 Å². The zero-order chi connectivity index (χ0) is 13.0. The van der Waals surface area contributed by atoms with Gasteiger partial charge in [0.1, 0.15) is 0 Å². The highest BCUT2D eigenvalue weighted by Gasteiger charge is 2.09. The Morgan fingerprint density at radius 1 is 1.33 bits per heavy atom. The van der Waals surface area contributed by atoms with E-state index in [0.29, 0.717) is 6.54 Å². The Morgan fingerprint density at radius 3 is 2.78 bits per heavy atom. The summed E-state index contributed by atoms with van der Waals surface area (Å²) < 4.78 is 0.916. The van der Waals surface area contributed by atoms with Crippen molar-refractivity contribution in [2.45, 2.75) is 13.0 Å². The summed E-state index contributed by atoms with van der Waals surface area (Å²) in [5.41, 5.74) is 0.872. The first kappa shape index (κ1) is 13.5. The van der Waals surface area contributed by atoms with Crippen LogP contribution in [0.2, 0.25) is 0 Å². The second-order valence-electron chi connectivity index (χ2n) is 3.98. The molecule has 1 aromatic carbocycles. The summed E-state index contributed by atoms with van der Waals surface area (Å²) in [6.45, 7) is 2.44. The monoisotopic (exact) mass is 323 g/mol. The molecule has 0 bridgehead atoms. The number of hydrogen-bond acceptors (Lipinski definition) is 3. The van der Waals surface area contributed by atoms with Crippen molar-refractivity contribution in [1.29, 1.82) is 0 Å². The first-order chi connectivity index (χ1) is 8.66. The second-order valence-corrected chi connectivity index (χ2v) is 6.15. The number of rotatable bonds is 4. The van der Waals surface area contributed by atoms with Crippen LogP contribution in [0.15, 0.2) is 45.9 Å². The molecule has 0 saturated carbocycles. The molecule has 0 radical (unpaired) electrons. The van der Waals surface area contributed by atoms with Crippen molar-refractivity contribution in [1.82, 2.24) is 0 Å². The van der Waals surface area contributed by atoms with Gasteiger partial charge < -0.3 is 5.11 Å². The van der Waals surface area contributed by atoms with Crippen LogP contribution >= 0.6 is 27.3 Å². The van der Waals surface area contributed by atoms with Crippen molar-refractivity contribution in [3.63, 3.8) is 0 Å². The molecule has 0 aliphatic heterocycles. The Morgan fingerprint density at radius 2 is 2.11 bits per heavy atom. The van der Waals surface area contributed by atoms with Crippen molar-refractivity contribution < 1.29 is 5.11 Å². The molecule has 0 spiro atoms. The lowest BCUT2D eigenvalue weighted by Crippen LogP contribution is -2.02. The van der Waals surface area contributed by atoms with Gasteiger partial charge in [-0.25, -0.2) is 0 Å². The molecule has 0 aliphatic rings. The summed E-state index contributed by atoms with van der Waals surface area (Å²) in [6, 6.07) is 11.8. The van der Waals surface area contributed by atoms with Crippen molar-refractivity contribution in [3.05, 3.63) is 56.2 Å². The molecule has 94 valence electrons. The Kier molecular flexibility index (Phi) is 4.69. The number of nitrogens with zero attached hydrogens (tertiary/aromatic N) is 1. The first-order valence-corrected chi connectivity index (χ1v) is 7.26. The summed E-state index contributed by atoms with van der Waals surface area (Å²) in [6.07, 6.45) is 1.25. The fraction of sp³-hybridized carbons (Fsp3) is 0.214. The van der Waals surface area contributed by atoms with Crippen LogP contribution in [0.4, 0.5) is 0 Å². The average molecular weight is 324 g/mol. The predicted molar refractivity (Wildman–Crippen MR) is 80.6 cm³/mol. The zero-order valence-electron chi connectivity index (χ0n) is 10.0. The summed E-state index contributed by atoms with van der Waals surface area (Å²) in [7, 11) is 0. The summed E-state index contributed by atoms with van der Waals surface area (Å²) in [5.74, 6) is 0. The topological polar surface area (TPSA) is 32.6 Å². The number of aliphatic imine (C=N–C) groups is 1. The normalized spacial score (nSPS) is 13.1. The van der Waals surface area contributed by atoms with E-state index in [1.54, 1.807) is 11.3 Å². The van der Waals surface area contributed by atoms with Gasteiger partial charge in [-0.15, -0.1) is 11.3 Å². The van der Waals surface area contributed by atoms with Gasteiger partial charge in [0.25, 0.3) is 0 Å². The van der Waals surface area contributed by atoms with Gasteiger partial charge in [-0.3, -0.25) is 4.99 Å². The fourth-order valence-corrected chi connectivity index (χ4v) is 2.93. The van der Waals surface area contributed by atoms with E-state index in [-0.39, 0.29) is 0 Å². The Hall–Kier alpha value is -0.970. The fourth-order valence-electron chi connectivity index (χ4n) is 1.61. The van der Waals surface area contributed by atoms with Gasteiger partial charge in [-0.2, -0.15) is 0 Å². The Bertz CT molecular complexity index is 550. The van der Waals surface area contributed by atoms with Crippen molar-refractivity contribution in [2.75, 3.05) is 6.54 Å². The third kappa shape index (κ3) is 3.51. The molecule has 4 heteroatoms. The van der Waals surface area contributed by atoms with Crippen molar-refractivity contribution in [3.8, 4) is 0 Å². The van der Waals surface area contributed by atoms with Crippen LogP contribution in [0.25, 0.3) is 0 Å². The average Bonchev–Trinajstić information content (AvgIpc) is 2.75. The minimum atomic E-state index is -0.571. The van der Waals surface area contributed by atoms with Crippen LogP contribution in [0.5, 0.6) is 0 Å². The molecule has 2 nitrogen and oxygen atoms in total. The highest BCUT2D eigenvalue weighted by atomic mass is 79.9. The standard InChI is InChI=1S/C14H14BrNOS/c1-10-6-7-11(18-10)8-16-9-14(17)12-4-2-3-5-13(12)15/h2-8,14,17H,9H2,1H3/b16-8+. The molecule has 0 aliphatic carbocycles. The number of thiophene rings is 1. The molecule has 0 fully saturated rings. The lowest BCUT2D eigenvalue weighted by atomic mass is 10.1. The number of aliphatic hydroxyl groups excluding tert-OH is 1. The number of aliphatic hydroxyl groups is 1. The van der Waals surface area contributed by atoms with Crippen LogP contribution in [0.3, 0.4) is 0 Å². The highest BCUT2D eigenvalue weighted by Crippen LogP contribution is 2.23. The smallest absolute Gasteiger partial charge is 0.0995 e. The van der Waals surface area contributed by atoms with Crippen molar-refractivity contribution in [2.24, 2.45) is 4.99 Å². The maximum Gasteiger partial charge on any atom is 0.0995 e. The quantitative estimate of drug-likeness (QED) is 0.848. The molecule has 1 heterocycles. The van der Waals surface area contributed by atoms with Crippen LogP contribution in [0, 0.1) is 6.92 Å². The number of halogens is 1. The lowest BCUT2D eigenvalue weighted by molar-refractivity contribution is 0.186. The number of benzene rings is 1. The summed E-state index contributed by atoms with van der Waals surface area (Å²) in [4.78, 5) is 6.67.